The zero-order chi connectivity index (χ0) is 17.2. The second kappa shape index (κ2) is 7.04. The Morgan fingerprint density at radius 2 is 1.75 bits per heavy atom. The molecule has 0 saturated heterocycles. The summed E-state index contributed by atoms with van der Waals surface area (Å²) in [7, 11) is 4.35. The van der Waals surface area contributed by atoms with Crippen molar-refractivity contribution >= 4 is 17.3 Å². The summed E-state index contributed by atoms with van der Waals surface area (Å²) in [6.45, 7) is 0. The second-order valence-electron chi connectivity index (χ2n) is 6.91. The summed E-state index contributed by atoms with van der Waals surface area (Å²) >= 11 is 6.03. The number of phenolic OH excluding ortho intramolecular Hbond substituents is 1. The van der Waals surface area contributed by atoms with E-state index in [2.05, 4.69) is 54.6 Å². The van der Waals surface area contributed by atoms with E-state index in [9.17, 15) is 5.11 Å². The molecule has 0 aliphatic heterocycles. The first-order valence-corrected chi connectivity index (χ1v) is 8.86. The number of nitrogens with one attached hydrogen (secondary N) is 1. The number of halogens is 1. The van der Waals surface area contributed by atoms with Gasteiger partial charge in [0.05, 0.1) is 0 Å². The molecule has 3 nitrogen and oxygen atoms in total. The Labute approximate surface area is 149 Å². The molecule has 0 bridgehead atoms. The third-order valence-electron chi connectivity index (χ3n) is 5.23. The first-order chi connectivity index (χ1) is 11.5. The quantitative estimate of drug-likeness (QED) is 0.831. The van der Waals surface area contributed by atoms with Crippen molar-refractivity contribution in [1.82, 2.24) is 4.90 Å². The van der Waals surface area contributed by atoms with Gasteiger partial charge in [0.15, 0.2) is 0 Å². The zero-order valence-electron chi connectivity index (χ0n) is 14.3. The van der Waals surface area contributed by atoms with Gasteiger partial charge in [0.1, 0.15) is 5.75 Å². The Morgan fingerprint density at radius 1 is 1.08 bits per heavy atom. The highest BCUT2D eigenvalue weighted by Crippen LogP contribution is 2.41. The topological polar surface area (TPSA) is 35.5 Å². The third-order valence-corrected chi connectivity index (χ3v) is 5.45. The lowest BCUT2D eigenvalue weighted by Crippen LogP contribution is -2.46. The van der Waals surface area contributed by atoms with Gasteiger partial charge < -0.3 is 10.4 Å². The number of hydrogen-bond donors (Lipinski definition) is 2. The monoisotopic (exact) mass is 344 g/mol. The molecular weight excluding hydrogens is 320 g/mol. The molecule has 1 fully saturated rings. The first-order valence-electron chi connectivity index (χ1n) is 8.49. The van der Waals surface area contributed by atoms with E-state index < -0.39 is 0 Å². The number of rotatable bonds is 4. The molecule has 0 amide bonds. The van der Waals surface area contributed by atoms with Crippen molar-refractivity contribution < 1.29 is 5.11 Å². The Bertz CT molecular complexity index is 659. The molecule has 0 radical (unpaired) electrons. The van der Waals surface area contributed by atoms with Crippen molar-refractivity contribution in [2.45, 2.75) is 37.3 Å². The van der Waals surface area contributed by atoms with Gasteiger partial charge in [0.2, 0.25) is 0 Å². The molecule has 24 heavy (non-hydrogen) atoms. The normalized spacial score (nSPS) is 24.1. The molecule has 2 aromatic carbocycles. The summed E-state index contributed by atoms with van der Waals surface area (Å²) < 4.78 is 0. The van der Waals surface area contributed by atoms with Gasteiger partial charge in [-0.1, -0.05) is 41.9 Å². The minimum Gasteiger partial charge on any atom is -0.508 e. The Morgan fingerprint density at radius 3 is 2.33 bits per heavy atom. The van der Waals surface area contributed by atoms with Crippen LogP contribution in [0.15, 0.2) is 48.5 Å². The smallest absolute Gasteiger partial charge is 0.119 e. The van der Waals surface area contributed by atoms with E-state index in [1.807, 2.05) is 6.07 Å². The van der Waals surface area contributed by atoms with Gasteiger partial charge >= 0.3 is 0 Å². The van der Waals surface area contributed by atoms with E-state index in [0.29, 0.717) is 11.1 Å². The van der Waals surface area contributed by atoms with Crippen LogP contribution >= 0.6 is 11.6 Å². The predicted molar refractivity (Wildman–Crippen MR) is 101 cm³/mol. The molecule has 2 aromatic rings. The summed E-state index contributed by atoms with van der Waals surface area (Å²) in [6, 6.07) is 16.4. The van der Waals surface area contributed by atoms with Crippen LogP contribution < -0.4 is 5.32 Å². The van der Waals surface area contributed by atoms with Crippen LogP contribution in [0.4, 0.5) is 5.69 Å². The van der Waals surface area contributed by atoms with Gasteiger partial charge in [0.25, 0.3) is 0 Å². The zero-order valence-corrected chi connectivity index (χ0v) is 15.1. The lowest BCUT2D eigenvalue weighted by molar-refractivity contribution is 0.0945. The largest absolute Gasteiger partial charge is 0.508 e. The fourth-order valence-corrected chi connectivity index (χ4v) is 4.10. The lowest BCUT2D eigenvalue weighted by Gasteiger charge is -2.46. The number of nitrogens with zero attached hydrogens (tertiary/aromatic N) is 1. The van der Waals surface area contributed by atoms with Crippen molar-refractivity contribution in [2.24, 2.45) is 0 Å². The Hall–Kier alpha value is -1.71. The Kier molecular flexibility index (Phi) is 5.02. The lowest BCUT2D eigenvalue weighted by atomic mass is 9.74. The van der Waals surface area contributed by atoms with Gasteiger partial charge in [-0.2, -0.15) is 0 Å². The molecule has 0 aromatic heterocycles. The van der Waals surface area contributed by atoms with E-state index in [4.69, 9.17) is 11.6 Å². The van der Waals surface area contributed by atoms with Gasteiger partial charge in [-0.05, 0) is 57.5 Å². The summed E-state index contributed by atoms with van der Waals surface area (Å²) in [5, 5.41) is 13.8. The Balaban J connectivity index is 1.72. The van der Waals surface area contributed by atoms with Crippen molar-refractivity contribution in [3.8, 4) is 5.75 Å². The first kappa shape index (κ1) is 17.1. The van der Waals surface area contributed by atoms with Crippen LogP contribution in [0.2, 0.25) is 5.02 Å². The van der Waals surface area contributed by atoms with E-state index in [1.54, 1.807) is 12.1 Å². The highest BCUT2D eigenvalue weighted by molar-refractivity contribution is 6.31. The van der Waals surface area contributed by atoms with Gasteiger partial charge in [-0.3, -0.25) is 4.90 Å². The average molecular weight is 345 g/mol. The second-order valence-corrected chi connectivity index (χ2v) is 7.35. The number of hydrogen-bond acceptors (Lipinski definition) is 3. The maximum atomic E-state index is 9.70. The average Bonchev–Trinajstić information content (AvgIpc) is 2.55. The van der Waals surface area contributed by atoms with Gasteiger partial charge in [-0.25, -0.2) is 0 Å². The number of phenols is 1. The molecule has 1 saturated carbocycles. The molecule has 0 atom stereocenters. The van der Waals surface area contributed by atoms with E-state index >= 15 is 0 Å². The van der Waals surface area contributed by atoms with Crippen LogP contribution in [0.25, 0.3) is 0 Å². The fourth-order valence-electron chi connectivity index (χ4n) is 3.88. The minimum absolute atomic E-state index is 0.107. The van der Waals surface area contributed by atoms with Crippen LogP contribution in [-0.2, 0) is 5.54 Å². The van der Waals surface area contributed by atoms with Crippen LogP contribution in [-0.4, -0.2) is 30.1 Å². The molecule has 2 N–H and O–H groups in total. The molecule has 0 unspecified atom stereocenters. The van der Waals surface area contributed by atoms with Crippen LogP contribution in [0, 0.1) is 0 Å². The molecule has 4 heteroatoms. The number of anilines is 1. The molecule has 128 valence electrons. The summed E-state index contributed by atoms with van der Waals surface area (Å²) in [5.74, 6) is 0.202. The highest BCUT2D eigenvalue weighted by Gasteiger charge is 2.38. The predicted octanol–water partition coefficient (Wildman–Crippen LogP) is 4.86. The fraction of sp³-hybridized carbons (Fsp3) is 0.400. The number of aromatic hydroxyl groups is 1. The highest BCUT2D eigenvalue weighted by atomic mass is 35.5. The summed E-state index contributed by atoms with van der Waals surface area (Å²) in [5.41, 5.74) is 2.39. The maximum absolute atomic E-state index is 9.70. The minimum atomic E-state index is 0.107. The standard InChI is InChI=1S/C20H25ClN2O/c1-23(2)20(15-6-4-3-5-7-15)10-8-17(9-11-20)22-18-12-16(21)13-19(24)14-18/h3-7,12-14,17,22,24H,8-11H2,1-2H3. The van der Waals surface area contributed by atoms with Crippen molar-refractivity contribution in [3.63, 3.8) is 0 Å². The van der Waals surface area contributed by atoms with Crippen molar-refractivity contribution in [3.05, 3.63) is 59.1 Å². The van der Waals surface area contributed by atoms with Crippen molar-refractivity contribution in [1.29, 1.82) is 0 Å². The molecule has 0 heterocycles. The third kappa shape index (κ3) is 3.52. The van der Waals surface area contributed by atoms with Gasteiger partial charge in [0, 0.05) is 28.4 Å². The maximum Gasteiger partial charge on any atom is 0.119 e. The summed E-state index contributed by atoms with van der Waals surface area (Å²) in [4.78, 5) is 2.36. The SMILES string of the molecule is CN(C)C1(c2ccccc2)CCC(Nc2cc(O)cc(Cl)c2)CC1. The van der Waals surface area contributed by atoms with Crippen molar-refractivity contribution in [2.75, 3.05) is 19.4 Å². The molecular formula is C20H25ClN2O. The molecule has 0 spiro atoms. The number of benzene rings is 2. The molecule has 1 aliphatic carbocycles. The summed E-state index contributed by atoms with van der Waals surface area (Å²) in [6.07, 6.45) is 4.38. The van der Waals surface area contributed by atoms with E-state index in [-0.39, 0.29) is 11.3 Å². The molecule has 3 rings (SSSR count). The van der Waals surface area contributed by atoms with E-state index in [1.165, 1.54) is 5.56 Å². The van der Waals surface area contributed by atoms with Crippen LogP contribution in [0.3, 0.4) is 0 Å². The van der Waals surface area contributed by atoms with Crippen LogP contribution in [0.1, 0.15) is 31.2 Å². The molecule has 1 aliphatic rings. The van der Waals surface area contributed by atoms with Gasteiger partial charge in [-0.15, -0.1) is 0 Å². The van der Waals surface area contributed by atoms with Crippen LogP contribution in [0.5, 0.6) is 5.75 Å². The van der Waals surface area contributed by atoms with E-state index in [0.717, 1.165) is 31.4 Å².